The number of benzene rings is 1. The molecule has 2 N–H and O–H groups in total. The molecule has 1 rings (SSSR count). The zero-order valence-corrected chi connectivity index (χ0v) is 12.2. The second-order valence-electron chi connectivity index (χ2n) is 4.69. The number of carbonyl (C=O) groups excluding carboxylic acids is 1. The zero-order chi connectivity index (χ0) is 15.1. The molecule has 0 saturated heterocycles. The monoisotopic (exact) mass is 275 g/mol. The fourth-order valence-corrected chi connectivity index (χ4v) is 1.96. The summed E-state index contributed by atoms with van der Waals surface area (Å²) in [5.74, 6) is -0.421. The molecule has 0 heterocycles. The number of nitrogens with two attached hydrogens (primary N) is 1. The van der Waals surface area contributed by atoms with E-state index in [1.165, 1.54) is 0 Å². The SMILES string of the molecule is CCOC(=O)c1cc(N(CCC#N)C(C)C)ccc1N. The molecular weight excluding hydrogens is 254 g/mol. The van der Waals surface area contributed by atoms with Gasteiger partial charge in [-0.1, -0.05) is 0 Å². The van der Waals surface area contributed by atoms with Crippen molar-refractivity contribution in [3.8, 4) is 6.07 Å². The summed E-state index contributed by atoms with van der Waals surface area (Å²) in [5, 5.41) is 8.73. The minimum Gasteiger partial charge on any atom is -0.462 e. The molecule has 5 nitrogen and oxygen atoms in total. The number of nitrogen functional groups attached to an aromatic ring is 1. The Morgan fingerprint density at radius 3 is 2.75 bits per heavy atom. The third-order valence-electron chi connectivity index (χ3n) is 2.95. The molecule has 108 valence electrons. The van der Waals surface area contributed by atoms with E-state index in [9.17, 15) is 4.79 Å². The van der Waals surface area contributed by atoms with Gasteiger partial charge in [0.25, 0.3) is 0 Å². The second kappa shape index (κ2) is 7.39. The third-order valence-corrected chi connectivity index (χ3v) is 2.95. The van der Waals surface area contributed by atoms with E-state index in [0.717, 1.165) is 5.69 Å². The van der Waals surface area contributed by atoms with Crippen LogP contribution in [0, 0.1) is 11.3 Å². The molecule has 0 atom stereocenters. The van der Waals surface area contributed by atoms with Crippen molar-refractivity contribution in [2.45, 2.75) is 33.2 Å². The van der Waals surface area contributed by atoms with E-state index in [-0.39, 0.29) is 6.04 Å². The van der Waals surface area contributed by atoms with Gasteiger partial charge >= 0.3 is 5.97 Å². The van der Waals surface area contributed by atoms with E-state index < -0.39 is 5.97 Å². The van der Waals surface area contributed by atoms with Crippen LogP contribution >= 0.6 is 0 Å². The van der Waals surface area contributed by atoms with Gasteiger partial charge in [0, 0.05) is 24.0 Å². The maximum atomic E-state index is 11.9. The Morgan fingerprint density at radius 2 is 2.20 bits per heavy atom. The number of nitriles is 1. The molecule has 5 heteroatoms. The van der Waals surface area contributed by atoms with Crippen LogP contribution in [0.1, 0.15) is 37.6 Å². The molecule has 0 aromatic heterocycles. The first-order valence-electron chi connectivity index (χ1n) is 6.71. The topological polar surface area (TPSA) is 79.3 Å². The smallest absolute Gasteiger partial charge is 0.340 e. The van der Waals surface area contributed by atoms with Crippen molar-refractivity contribution >= 4 is 17.3 Å². The molecule has 1 aromatic rings. The minimum absolute atomic E-state index is 0.224. The van der Waals surface area contributed by atoms with Gasteiger partial charge in [-0.3, -0.25) is 0 Å². The second-order valence-corrected chi connectivity index (χ2v) is 4.69. The average molecular weight is 275 g/mol. The van der Waals surface area contributed by atoms with Crippen LogP contribution in [0.4, 0.5) is 11.4 Å². The van der Waals surface area contributed by atoms with Crippen LogP contribution in [-0.2, 0) is 4.74 Å². The molecular formula is C15H21N3O2. The Bertz CT molecular complexity index is 506. The van der Waals surface area contributed by atoms with Gasteiger partial charge in [0.1, 0.15) is 0 Å². The minimum atomic E-state index is -0.421. The molecule has 0 aliphatic heterocycles. The molecule has 0 saturated carbocycles. The summed E-state index contributed by atoms with van der Waals surface area (Å²) >= 11 is 0. The number of ether oxygens (including phenoxy) is 1. The van der Waals surface area contributed by atoms with Crippen LogP contribution in [0.3, 0.4) is 0 Å². The van der Waals surface area contributed by atoms with Crippen molar-refractivity contribution in [1.82, 2.24) is 0 Å². The molecule has 0 bridgehead atoms. The maximum Gasteiger partial charge on any atom is 0.340 e. The number of carbonyl (C=O) groups is 1. The third kappa shape index (κ3) is 3.89. The standard InChI is InChI=1S/C15H21N3O2/c1-4-20-15(19)13-10-12(6-7-14(13)17)18(11(2)3)9-5-8-16/h6-7,10-11H,4-5,9,17H2,1-3H3. The van der Waals surface area contributed by atoms with Gasteiger partial charge in [0.15, 0.2) is 0 Å². The number of esters is 1. The summed E-state index contributed by atoms with van der Waals surface area (Å²) in [6, 6.07) is 7.64. The summed E-state index contributed by atoms with van der Waals surface area (Å²) in [5.41, 5.74) is 7.46. The molecule has 1 aromatic carbocycles. The molecule has 0 fully saturated rings. The molecule has 0 aliphatic rings. The highest BCUT2D eigenvalue weighted by atomic mass is 16.5. The molecule has 0 aliphatic carbocycles. The lowest BCUT2D eigenvalue weighted by molar-refractivity contribution is 0.0527. The van der Waals surface area contributed by atoms with E-state index in [2.05, 4.69) is 11.0 Å². The van der Waals surface area contributed by atoms with Crippen molar-refractivity contribution in [2.75, 3.05) is 23.8 Å². The molecule has 0 unspecified atom stereocenters. The fourth-order valence-electron chi connectivity index (χ4n) is 1.96. The van der Waals surface area contributed by atoms with E-state index in [1.807, 2.05) is 19.9 Å². The highest BCUT2D eigenvalue weighted by Gasteiger charge is 2.16. The van der Waals surface area contributed by atoms with Crippen molar-refractivity contribution in [2.24, 2.45) is 0 Å². The van der Waals surface area contributed by atoms with Gasteiger partial charge in [0.05, 0.1) is 24.7 Å². The summed E-state index contributed by atoms with van der Waals surface area (Å²) in [6.45, 7) is 6.76. The Morgan fingerprint density at radius 1 is 1.50 bits per heavy atom. The summed E-state index contributed by atoms with van der Waals surface area (Å²) < 4.78 is 5.00. The summed E-state index contributed by atoms with van der Waals surface area (Å²) in [6.07, 6.45) is 0.428. The number of hydrogen-bond donors (Lipinski definition) is 1. The molecule has 0 radical (unpaired) electrons. The van der Waals surface area contributed by atoms with Crippen LogP contribution in [-0.4, -0.2) is 25.2 Å². The largest absolute Gasteiger partial charge is 0.462 e. The number of hydrogen-bond acceptors (Lipinski definition) is 5. The quantitative estimate of drug-likeness (QED) is 0.637. The van der Waals surface area contributed by atoms with E-state index in [4.69, 9.17) is 15.7 Å². The van der Waals surface area contributed by atoms with Gasteiger partial charge < -0.3 is 15.4 Å². The Labute approximate surface area is 119 Å². The first kappa shape index (κ1) is 15.8. The van der Waals surface area contributed by atoms with Crippen LogP contribution in [0.5, 0.6) is 0 Å². The van der Waals surface area contributed by atoms with Gasteiger partial charge in [-0.05, 0) is 39.0 Å². The highest BCUT2D eigenvalue weighted by molar-refractivity contribution is 5.96. The normalized spacial score (nSPS) is 10.2. The first-order chi connectivity index (χ1) is 9.51. The van der Waals surface area contributed by atoms with Gasteiger partial charge in [-0.25, -0.2) is 4.79 Å². The van der Waals surface area contributed by atoms with Crippen LogP contribution in [0.25, 0.3) is 0 Å². The van der Waals surface area contributed by atoms with Gasteiger partial charge in [-0.2, -0.15) is 5.26 Å². The summed E-state index contributed by atoms with van der Waals surface area (Å²) in [4.78, 5) is 13.9. The van der Waals surface area contributed by atoms with Crippen molar-refractivity contribution in [1.29, 1.82) is 5.26 Å². The van der Waals surface area contributed by atoms with Gasteiger partial charge in [0.2, 0.25) is 0 Å². The van der Waals surface area contributed by atoms with Gasteiger partial charge in [-0.15, -0.1) is 0 Å². The van der Waals surface area contributed by atoms with Crippen LogP contribution in [0.15, 0.2) is 18.2 Å². The van der Waals surface area contributed by atoms with E-state index in [0.29, 0.717) is 30.8 Å². The lowest BCUT2D eigenvalue weighted by Crippen LogP contribution is -2.31. The van der Waals surface area contributed by atoms with E-state index >= 15 is 0 Å². The lowest BCUT2D eigenvalue weighted by atomic mass is 10.1. The van der Waals surface area contributed by atoms with Crippen molar-refractivity contribution in [3.05, 3.63) is 23.8 Å². The Hall–Kier alpha value is -2.22. The van der Waals surface area contributed by atoms with E-state index in [1.54, 1.807) is 19.1 Å². The molecule has 20 heavy (non-hydrogen) atoms. The number of rotatable bonds is 6. The number of anilines is 2. The predicted octanol–water partition coefficient (Wildman–Crippen LogP) is 2.57. The highest BCUT2D eigenvalue weighted by Crippen LogP contribution is 2.24. The molecule has 0 spiro atoms. The summed E-state index contributed by atoms with van der Waals surface area (Å²) in [7, 11) is 0. The predicted molar refractivity (Wildman–Crippen MR) is 79.5 cm³/mol. The Kier molecular flexibility index (Phi) is 5.85. The molecule has 0 amide bonds. The maximum absolute atomic E-state index is 11.9. The number of nitrogens with zero attached hydrogens (tertiary/aromatic N) is 2. The fraction of sp³-hybridized carbons (Fsp3) is 0.467. The zero-order valence-electron chi connectivity index (χ0n) is 12.2. The van der Waals surface area contributed by atoms with Crippen molar-refractivity contribution in [3.63, 3.8) is 0 Å². The van der Waals surface area contributed by atoms with Crippen LogP contribution in [0.2, 0.25) is 0 Å². The van der Waals surface area contributed by atoms with Crippen molar-refractivity contribution < 1.29 is 9.53 Å². The Balaban J connectivity index is 3.08. The first-order valence-corrected chi connectivity index (χ1v) is 6.71. The average Bonchev–Trinajstić information content (AvgIpc) is 2.40. The lowest BCUT2D eigenvalue weighted by Gasteiger charge is -2.28. The van der Waals surface area contributed by atoms with Crippen LogP contribution < -0.4 is 10.6 Å².